The van der Waals surface area contributed by atoms with E-state index in [4.69, 9.17) is 4.42 Å². The standard InChI is InChI=1S/C24H32O/c1-5-7-8-9-10-12-20-14-16-22-21-15-13-19(11-6-2)17(3)23(21)25-24(22)18(20)4/h13-16H,5-12H2,1-4H3. The predicted molar refractivity (Wildman–Crippen MR) is 110 cm³/mol. The quantitative estimate of drug-likeness (QED) is 0.385. The molecule has 134 valence electrons. The first kappa shape index (κ1) is 18.0. The van der Waals surface area contributed by atoms with Crippen molar-refractivity contribution in [2.24, 2.45) is 0 Å². The van der Waals surface area contributed by atoms with Crippen LogP contribution >= 0.6 is 0 Å². The van der Waals surface area contributed by atoms with E-state index in [2.05, 4.69) is 52.0 Å². The number of hydrogen-bond donors (Lipinski definition) is 0. The van der Waals surface area contributed by atoms with Crippen molar-refractivity contribution in [1.82, 2.24) is 0 Å². The van der Waals surface area contributed by atoms with E-state index in [1.165, 1.54) is 78.0 Å². The van der Waals surface area contributed by atoms with Gasteiger partial charge in [0.05, 0.1) is 0 Å². The van der Waals surface area contributed by atoms with Gasteiger partial charge in [-0.3, -0.25) is 0 Å². The van der Waals surface area contributed by atoms with E-state index in [-0.39, 0.29) is 0 Å². The van der Waals surface area contributed by atoms with E-state index in [1.807, 2.05) is 0 Å². The molecule has 0 saturated carbocycles. The van der Waals surface area contributed by atoms with E-state index >= 15 is 0 Å². The van der Waals surface area contributed by atoms with E-state index < -0.39 is 0 Å². The van der Waals surface area contributed by atoms with Crippen LogP contribution in [0.5, 0.6) is 0 Å². The van der Waals surface area contributed by atoms with Gasteiger partial charge < -0.3 is 4.42 Å². The summed E-state index contributed by atoms with van der Waals surface area (Å²) in [5, 5.41) is 2.54. The van der Waals surface area contributed by atoms with Gasteiger partial charge in [-0.2, -0.15) is 0 Å². The van der Waals surface area contributed by atoms with E-state index in [0.29, 0.717) is 0 Å². The third-order valence-corrected chi connectivity index (χ3v) is 5.60. The topological polar surface area (TPSA) is 13.1 Å². The Labute approximate surface area is 152 Å². The molecule has 0 amide bonds. The van der Waals surface area contributed by atoms with Crippen LogP contribution in [0.2, 0.25) is 0 Å². The molecular formula is C24H32O. The van der Waals surface area contributed by atoms with Gasteiger partial charge in [-0.15, -0.1) is 0 Å². The fourth-order valence-electron chi connectivity index (χ4n) is 3.98. The lowest BCUT2D eigenvalue weighted by Gasteiger charge is -2.06. The number of fused-ring (bicyclic) bond motifs is 3. The summed E-state index contributed by atoms with van der Waals surface area (Å²) in [6.45, 7) is 8.95. The SMILES string of the molecule is CCCCCCCc1ccc2c(oc3c(C)c(CCC)ccc32)c1C. The van der Waals surface area contributed by atoms with Gasteiger partial charge in [0.25, 0.3) is 0 Å². The van der Waals surface area contributed by atoms with Gasteiger partial charge in [-0.25, -0.2) is 0 Å². The molecule has 0 aliphatic carbocycles. The Kier molecular flexibility index (Phi) is 5.83. The maximum absolute atomic E-state index is 6.39. The molecule has 0 unspecified atom stereocenters. The minimum Gasteiger partial charge on any atom is -0.455 e. The van der Waals surface area contributed by atoms with Crippen molar-refractivity contribution >= 4 is 21.9 Å². The van der Waals surface area contributed by atoms with E-state index in [0.717, 1.165) is 17.6 Å². The molecule has 3 aromatic rings. The van der Waals surface area contributed by atoms with Crippen LogP contribution in [0.3, 0.4) is 0 Å². The van der Waals surface area contributed by atoms with E-state index in [1.54, 1.807) is 0 Å². The number of benzene rings is 2. The molecule has 0 aliphatic heterocycles. The number of hydrogen-bond acceptors (Lipinski definition) is 1. The first-order valence-corrected chi connectivity index (χ1v) is 10.1. The predicted octanol–water partition coefficient (Wildman–Crippen LogP) is 7.67. The summed E-state index contributed by atoms with van der Waals surface area (Å²) in [4.78, 5) is 0. The average molecular weight is 337 g/mol. The van der Waals surface area contributed by atoms with Crippen molar-refractivity contribution in [1.29, 1.82) is 0 Å². The Bertz CT molecular complexity index is 854. The van der Waals surface area contributed by atoms with Crippen LogP contribution in [0.1, 0.15) is 74.6 Å². The van der Waals surface area contributed by atoms with Gasteiger partial charge in [-0.1, -0.05) is 70.2 Å². The fraction of sp³-hybridized carbons (Fsp3) is 0.500. The molecule has 0 atom stereocenters. The second-order valence-electron chi connectivity index (χ2n) is 7.47. The summed E-state index contributed by atoms with van der Waals surface area (Å²) in [5.41, 5.74) is 7.70. The van der Waals surface area contributed by atoms with Gasteiger partial charge in [0.1, 0.15) is 11.2 Å². The summed E-state index contributed by atoms with van der Waals surface area (Å²) < 4.78 is 6.39. The largest absolute Gasteiger partial charge is 0.455 e. The molecule has 0 aliphatic rings. The van der Waals surface area contributed by atoms with Gasteiger partial charge in [-0.05, 0) is 55.4 Å². The zero-order valence-electron chi connectivity index (χ0n) is 16.4. The Balaban J connectivity index is 1.92. The molecular weight excluding hydrogens is 304 g/mol. The Morgan fingerprint density at radius 3 is 1.76 bits per heavy atom. The van der Waals surface area contributed by atoms with Crippen molar-refractivity contribution in [3.63, 3.8) is 0 Å². The highest BCUT2D eigenvalue weighted by Crippen LogP contribution is 2.35. The van der Waals surface area contributed by atoms with Gasteiger partial charge in [0.15, 0.2) is 0 Å². The third kappa shape index (κ3) is 3.61. The van der Waals surface area contributed by atoms with Crippen molar-refractivity contribution in [2.75, 3.05) is 0 Å². The molecule has 0 bridgehead atoms. The Hall–Kier alpha value is -1.76. The lowest BCUT2D eigenvalue weighted by molar-refractivity contribution is 0.629. The van der Waals surface area contributed by atoms with Gasteiger partial charge >= 0.3 is 0 Å². The van der Waals surface area contributed by atoms with Crippen LogP contribution in [0.4, 0.5) is 0 Å². The summed E-state index contributed by atoms with van der Waals surface area (Å²) in [5.74, 6) is 0. The van der Waals surface area contributed by atoms with Crippen molar-refractivity contribution < 1.29 is 4.42 Å². The Morgan fingerprint density at radius 1 is 0.640 bits per heavy atom. The van der Waals surface area contributed by atoms with Gasteiger partial charge in [0, 0.05) is 10.8 Å². The summed E-state index contributed by atoms with van der Waals surface area (Å²) >= 11 is 0. The lowest BCUT2D eigenvalue weighted by Crippen LogP contribution is -1.90. The molecule has 1 heterocycles. The van der Waals surface area contributed by atoms with E-state index in [9.17, 15) is 0 Å². The molecule has 1 heteroatoms. The Morgan fingerprint density at radius 2 is 1.20 bits per heavy atom. The lowest BCUT2D eigenvalue weighted by atomic mass is 9.97. The van der Waals surface area contributed by atoms with Crippen molar-refractivity contribution in [3.8, 4) is 0 Å². The molecule has 2 aromatic carbocycles. The highest BCUT2D eigenvalue weighted by atomic mass is 16.3. The average Bonchev–Trinajstić information content (AvgIpc) is 2.99. The third-order valence-electron chi connectivity index (χ3n) is 5.60. The molecule has 0 fully saturated rings. The smallest absolute Gasteiger partial charge is 0.138 e. The molecule has 25 heavy (non-hydrogen) atoms. The zero-order chi connectivity index (χ0) is 17.8. The number of rotatable bonds is 8. The minimum absolute atomic E-state index is 1.09. The molecule has 1 aromatic heterocycles. The first-order valence-electron chi connectivity index (χ1n) is 10.1. The normalized spacial score (nSPS) is 11.7. The fourth-order valence-corrected chi connectivity index (χ4v) is 3.98. The van der Waals surface area contributed by atoms with Crippen LogP contribution < -0.4 is 0 Å². The molecule has 0 saturated heterocycles. The molecule has 3 rings (SSSR count). The number of unbranched alkanes of at least 4 members (excludes halogenated alkanes) is 4. The second-order valence-corrected chi connectivity index (χ2v) is 7.47. The maximum atomic E-state index is 6.39. The zero-order valence-corrected chi connectivity index (χ0v) is 16.4. The molecule has 1 nitrogen and oxygen atoms in total. The summed E-state index contributed by atoms with van der Waals surface area (Å²) in [6.07, 6.45) is 10.1. The van der Waals surface area contributed by atoms with Crippen LogP contribution in [0, 0.1) is 13.8 Å². The van der Waals surface area contributed by atoms with Crippen LogP contribution in [0.15, 0.2) is 28.7 Å². The number of furan rings is 1. The van der Waals surface area contributed by atoms with Crippen LogP contribution in [0.25, 0.3) is 21.9 Å². The van der Waals surface area contributed by atoms with Crippen LogP contribution in [-0.2, 0) is 12.8 Å². The molecule has 0 radical (unpaired) electrons. The maximum Gasteiger partial charge on any atom is 0.138 e. The number of aryl methyl sites for hydroxylation is 4. The first-order chi connectivity index (χ1) is 12.2. The highest BCUT2D eigenvalue weighted by Gasteiger charge is 2.14. The van der Waals surface area contributed by atoms with Gasteiger partial charge in [0.2, 0.25) is 0 Å². The summed E-state index contributed by atoms with van der Waals surface area (Å²) in [6, 6.07) is 9.13. The minimum atomic E-state index is 1.09. The van der Waals surface area contributed by atoms with Crippen molar-refractivity contribution in [2.45, 2.75) is 79.1 Å². The molecule has 0 spiro atoms. The second kappa shape index (κ2) is 8.08. The van der Waals surface area contributed by atoms with Crippen molar-refractivity contribution in [3.05, 3.63) is 46.5 Å². The summed E-state index contributed by atoms with van der Waals surface area (Å²) in [7, 11) is 0. The highest BCUT2D eigenvalue weighted by molar-refractivity contribution is 6.07. The monoisotopic (exact) mass is 336 g/mol. The molecule has 0 N–H and O–H groups in total. The van der Waals surface area contributed by atoms with Crippen LogP contribution in [-0.4, -0.2) is 0 Å².